The zero-order valence-corrected chi connectivity index (χ0v) is 18.9. The predicted molar refractivity (Wildman–Crippen MR) is 134 cm³/mol. The average Bonchev–Trinajstić information content (AvgIpc) is 2.84. The molecule has 7 heteroatoms. The van der Waals surface area contributed by atoms with Gasteiger partial charge in [-0.05, 0) is 23.6 Å². The summed E-state index contributed by atoms with van der Waals surface area (Å²) in [5.41, 5.74) is 8.62. The summed E-state index contributed by atoms with van der Waals surface area (Å²) in [5, 5.41) is 0. The van der Waals surface area contributed by atoms with Crippen molar-refractivity contribution in [1.82, 2.24) is 9.55 Å². The van der Waals surface area contributed by atoms with Gasteiger partial charge in [-0.2, -0.15) is 0 Å². The summed E-state index contributed by atoms with van der Waals surface area (Å²) in [7, 11) is 0. The van der Waals surface area contributed by atoms with Gasteiger partial charge in [0.1, 0.15) is 5.82 Å². The highest BCUT2D eigenvalue weighted by molar-refractivity contribution is 5.96. The van der Waals surface area contributed by atoms with E-state index in [-0.39, 0.29) is 36.9 Å². The van der Waals surface area contributed by atoms with Gasteiger partial charge in [0.05, 0.1) is 19.5 Å². The number of aryl methyl sites for hydroxylation is 1. The quantitative estimate of drug-likeness (QED) is 0.448. The van der Waals surface area contributed by atoms with Crippen molar-refractivity contribution in [2.75, 3.05) is 10.6 Å². The molecule has 172 valence electrons. The van der Waals surface area contributed by atoms with Gasteiger partial charge in [-0.1, -0.05) is 90.5 Å². The number of nitrogens with one attached hydrogen (secondary N) is 1. The number of nitrogen functional groups attached to an aromatic ring is 1. The Balaban J connectivity index is 1.77. The van der Waals surface area contributed by atoms with Gasteiger partial charge < -0.3 is 5.73 Å². The van der Waals surface area contributed by atoms with Gasteiger partial charge >= 0.3 is 5.69 Å². The molecule has 3 N–H and O–H groups in total. The van der Waals surface area contributed by atoms with Crippen LogP contribution in [-0.2, 0) is 24.3 Å². The standard InChI is InChI=1S/C27H26N4O3/c1-19-12-14-20(15-13-19)16-23(32)30(17-21-8-4-2-5-9-21)24-25(28)31(27(34)29-26(24)33)18-22-10-6-3-7-11-22/h2-15H,16-18,28H2,1H3,(H,29,33,34). The van der Waals surface area contributed by atoms with Crippen LogP contribution in [0.2, 0.25) is 0 Å². The van der Waals surface area contributed by atoms with E-state index in [4.69, 9.17) is 5.73 Å². The molecule has 1 aromatic heterocycles. The van der Waals surface area contributed by atoms with E-state index >= 15 is 0 Å². The summed E-state index contributed by atoms with van der Waals surface area (Å²) in [6.07, 6.45) is 0.0871. The average molecular weight is 455 g/mol. The number of anilines is 2. The van der Waals surface area contributed by atoms with Crippen LogP contribution in [0.4, 0.5) is 11.5 Å². The van der Waals surface area contributed by atoms with Crippen LogP contribution in [0.3, 0.4) is 0 Å². The fraction of sp³-hybridized carbons (Fsp3) is 0.148. The highest BCUT2D eigenvalue weighted by atomic mass is 16.2. The first-order chi connectivity index (χ1) is 16.4. The molecule has 0 atom stereocenters. The van der Waals surface area contributed by atoms with Crippen molar-refractivity contribution in [2.45, 2.75) is 26.4 Å². The van der Waals surface area contributed by atoms with E-state index in [1.165, 1.54) is 9.47 Å². The number of H-pyrrole nitrogens is 1. The SMILES string of the molecule is Cc1ccc(CC(=O)N(Cc2ccccc2)c2c(N)n(Cc3ccccc3)c(=O)[nH]c2=O)cc1. The van der Waals surface area contributed by atoms with Crippen molar-refractivity contribution in [1.29, 1.82) is 0 Å². The normalized spacial score (nSPS) is 10.7. The second-order valence-electron chi connectivity index (χ2n) is 8.19. The lowest BCUT2D eigenvalue weighted by molar-refractivity contribution is -0.118. The van der Waals surface area contributed by atoms with Crippen LogP contribution in [0.25, 0.3) is 0 Å². The number of aromatic nitrogens is 2. The van der Waals surface area contributed by atoms with E-state index in [0.717, 1.165) is 22.3 Å². The highest BCUT2D eigenvalue weighted by Crippen LogP contribution is 2.22. The minimum atomic E-state index is -0.694. The third-order valence-corrected chi connectivity index (χ3v) is 5.63. The number of hydrogen-bond acceptors (Lipinski definition) is 4. The van der Waals surface area contributed by atoms with E-state index in [9.17, 15) is 14.4 Å². The van der Waals surface area contributed by atoms with E-state index in [1.54, 1.807) is 0 Å². The van der Waals surface area contributed by atoms with Crippen LogP contribution in [-0.4, -0.2) is 15.5 Å². The molecule has 0 aliphatic carbocycles. The second kappa shape index (κ2) is 10.0. The van der Waals surface area contributed by atoms with Gasteiger partial charge in [-0.15, -0.1) is 0 Å². The molecule has 7 nitrogen and oxygen atoms in total. The summed E-state index contributed by atoms with van der Waals surface area (Å²) in [6.45, 7) is 2.28. The molecule has 0 bridgehead atoms. The summed E-state index contributed by atoms with van der Waals surface area (Å²) in [6, 6.07) is 26.3. The van der Waals surface area contributed by atoms with Crippen LogP contribution >= 0.6 is 0 Å². The number of nitrogens with two attached hydrogens (primary N) is 1. The Labute approximate surface area is 197 Å². The Morgan fingerprint density at radius 2 is 1.44 bits per heavy atom. The molecule has 4 rings (SSSR count). The van der Waals surface area contributed by atoms with Gasteiger partial charge in [0.25, 0.3) is 5.56 Å². The van der Waals surface area contributed by atoms with Crippen LogP contribution in [0.1, 0.15) is 22.3 Å². The first-order valence-electron chi connectivity index (χ1n) is 11.0. The summed E-state index contributed by atoms with van der Waals surface area (Å²) < 4.78 is 1.28. The smallest absolute Gasteiger partial charge is 0.330 e. The number of aromatic amines is 1. The number of carbonyl (C=O) groups is 1. The van der Waals surface area contributed by atoms with Gasteiger partial charge in [0, 0.05) is 0 Å². The van der Waals surface area contributed by atoms with Gasteiger partial charge in [0.2, 0.25) is 5.91 Å². The molecular formula is C27H26N4O3. The monoisotopic (exact) mass is 454 g/mol. The van der Waals surface area contributed by atoms with Gasteiger partial charge in [-0.25, -0.2) is 4.79 Å². The molecule has 0 saturated heterocycles. The maximum atomic E-state index is 13.5. The van der Waals surface area contributed by atoms with E-state index in [1.807, 2.05) is 91.9 Å². The van der Waals surface area contributed by atoms with Gasteiger partial charge in [0.15, 0.2) is 5.69 Å². The van der Waals surface area contributed by atoms with Crippen molar-refractivity contribution >= 4 is 17.4 Å². The number of nitrogens with zero attached hydrogens (tertiary/aromatic N) is 2. The van der Waals surface area contributed by atoms with Crippen LogP contribution in [0.5, 0.6) is 0 Å². The van der Waals surface area contributed by atoms with Gasteiger partial charge in [-0.3, -0.25) is 24.0 Å². The molecule has 0 saturated carbocycles. The third-order valence-electron chi connectivity index (χ3n) is 5.63. The lowest BCUT2D eigenvalue weighted by Gasteiger charge is -2.25. The lowest BCUT2D eigenvalue weighted by atomic mass is 10.1. The Bertz CT molecular complexity index is 1390. The molecule has 0 radical (unpaired) electrons. The van der Waals surface area contributed by atoms with Crippen molar-refractivity contribution in [3.63, 3.8) is 0 Å². The number of carbonyl (C=O) groups excluding carboxylic acids is 1. The molecule has 0 fully saturated rings. The minimum Gasteiger partial charge on any atom is -0.383 e. The number of rotatable bonds is 7. The molecule has 4 aromatic rings. The van der Waals surface area contributed by atoms with Crippen LogP contribution < -0.4 is 21.9 Å². The third kappa shape index (κ3) is 5.15. The second-order valence-corrected chi connectivity index (χ2v) is 8.19. The van der Waals surface area contributed by atoms with E-state index < -0.39 is 11.2 Å². The molecular weight excluding hydrogens is 428 g/mol. The van der Waals surface area contributed by atoms with Crippen molar-refractivity contribution in [3.8, 4) is 0 Å². The predicted octanol–water partition coefficient (Wildman–Crippen LogP) is 3.25. The highest BCUT2D eigenvalue weighted by Gasteiger charge is 2.25. The topological polar surface area (TPSA) is 101 Å². The largest absolute Gasteiger partial charge is 0.383 e. The van der Waals surface area contributed by atoms with Crippen LogP contribution in [0, 0.1) is 6.92 Å². The zero-order chi connectivity index (χ0) is 24.1. The molecule has 34 heavy (non-hydrogen) atoms. The molecule has 3 aromatic carbocycles. The van der Waals surface area contributed by atoms with Crippen molar-refractivity contribution in [3.05, 3.63) is 128 Å². The van der Waals surface area contributed by atoms with E-state index in [0.29, 0.717) is 0 Å². The fourth-order valence-electron chi connectivity index (χ4n) is 3.80. The summed E-state index contributed by atoms with van der Waals surface area (Å²) in [4.78, 5) is 42.8. The molecule has 0 spiro atoms. The first kappa shape index (κ1) is 22.8. The van der Waals surface area contributed by atoms with Crippen molar-refractivity contribution in [2.24, 2.45) is 0 Å². The number of hydrogen-bond donors (Lipinski definition) is 2. The Morgan fingerprint density at radius 1 is 0.853 bits per heavy atom. The maximum Gasteiger partial charge on any atom is 0.330 e. The first-order valence-corrected chi connectivity index (χ1v) is 11.0. The van der Waals surface area contributed by atoms with Crippen LogP contribution in [0.15, 0.2) is 94.5 Å². The molecule has 0 aliphatic rings. The number of amides is 1. The Hall–Kier alpha value is -4.39. The van der Waals surface area contributed by atoms with Crippen molar-refractivity contribution < 1.29 is 4.79 Å². The minimum absolute atomic E-state index is 0.0310. The molecule has 1 amide bonds. The molecule has 0 unspecified atom stereocenters. The lowest BCUT2D eigenvalue weighted by Crippen LogP contribution is -2.41. The molecule has 1 heterocycles. The summed E-state index contributed by atoms with van der Waals surface area (Å²) >= 11 is 0. The Morgan fingerprint density at radius 3 is 2.06 bits per heavy atom. The molecule has 0 aliphatic heterocycles. The maximum absolute atomic E-state index is 13.5. The Kier molecular flexibility index (Phi) is 6.73. The fourth-order valence-corrected chi connectivity index (χ4v) is 3.80. The van der Waals surface area contributed by atoms with E-state index in [2.05, 4.69) is 4.98 Å². The number of benzene rings is 3. The summed E-state index contributed by atoms with van der Waals surface area (Å²) in [5.74, 6) is -0.347. The zero-order valence-electron chi connectivity index (χ0n) is 18.9.